The molecule has 4 fully saturated rings. The molecule has 2 aliphatic heterocycles. The molecule has 5 nitrogen and oxygen atoms in total. The van der Waals surface area contributed by atoms with Crippen LogP contribution in [0.3, 0.4) is 0 Å². The van der Waals surface area contributed by atoms with Crippen LogP contribution in [0.25, 0.3) is 0 Å². The van der Waals surface area contributed by atoms with Gasteiger partial charge in [0.1, 0.15) is 17.5 Å². The number of benzene rings is 3. The lowest BCUT2D eigenvalue weighted by Crippen LogP contribution is -2.55. The maximum absolute atomic E-state index is 13.1. The highest BCUT2D eigenvalue weighted by atomic mass is 32.2. The summed E-state index contributed by atoms with van der Waals surface area (Å²) in [6.07, 6.45) is 3.03. The van der Waals surface area contributed by atoms with Crippen LogP contribution in [-0.2, 0) is 30.0 Å². The number of hydrogen-bond donors (Lipinski definition) is 0. The molecule has 2 saturated heterocycles. The average Bonchev–Trinajstić information content (AvgIpc) is 3.07. The lowest BCUT2D eigenvalue weighted by atomic mass is 9.62. The largest absolute Gasteiger partial charge is 0.481 e. The second-order valence-electron chi connectivity index (χ2n) is 11.4. The van der Waals surface area contributed by atoms with Gasteiger partial charge in [0.05, 0.1) is 16.8 Å². The molecule has 4 bridgehead atoms. The second-order valence-corrected chi connectivity index (χ2v) is 13.4. The Morgan fingerprint density at radius 1 is 0.897 bits per heavy atom. The van der Waals surface area contributed by atoms with E-state index in [1.165, 1.54) is 14.7 Å². The molecule has 7 rings (SSSR count). The first-order valence-electron chi connectivity index (χ1n) is 13.8. The van der Waals surface area contributed by atoms with Crippen molar-refractivity contribution in [2.45, 2.75) is 72.8 Å². The van der Waals surface area contributed by atoms with Gasteiger partial charge >= 0.3 is 11.9 Å². The van der Waals surface area contributed by atoms with Crippen LogP contribution in [0.15, 0.2) is 87.5 Å². The summed E-state index contributed by atoms with van der Waals surface area (Å²) in [6, 6.07) is 25.4. The summed E-state index contributed by atoms with van der Waals surface area (Å²) < 4.78 is 18.0. The molecule has 4 aliphatic rings. The molecule has 6 heteroatoms. The summed E-state index contributed by atoms with van der Waals surface area (Å²) in [4.78, 5) is 29.3. The predicted molar refractivity (Wildman–Crippen MR) is 150 cm³/mol. The van der Waals surface area contributed by atoms with Gasteiger partial charge in [0.2, 0.25) is 0 Å². The summed E-state index contributed by atoms with van der Waals surface area (Å²) >= 11 is 0. The van der Waals surface area contributed by atoms with Crippen LogP contribution in [-0.4, -0.2) is 30.3 Å². The topological polar surface area (TPSA) is 61.8 Å². The van der Waals surface area contributed by atoms with Crippen LogP contribution in [0, 0.1) is 31.6 Å². The molecule has 3 aromatic rings. The van der Waals surface area contributed by atoms with Gasteiger partial charge in [0.25, 0.3) is 0 Å². The van der Waals surface area contributed by atoms with E-state index in [-0.39, 0.29) is 41.4 Å². The number of ether oxygens (including phenoxy) is 3. The van der Waals surface area contributed by atoms with Crippen molar-refractivity contribution in [3.05, 3.63) is 83.9 Å². The van der Waals surface area contributed by atoms with Crippen LogP contribution in [0.4, 0.5) is 0 Å². The molecule has 0 N–H and O–H groups in total. The number of carbonyl (C=O) groups excluding carboxylic acids is 2. The van der Waals surface area contributed by atoms with Crippen molar-refractivity contribution in [3.8, 4) is 5.75 Å². The van der Waals surface area contributed by atoms with Gasteiger partial charge in [-0.3, -0.25) is 4.79 Å². The highest BCUT2D eigenvalue weighted by molar-refractivity contribution is 7.97. The Kier molecular flexibility index (Phi) is 6.92. The summed E-state index contributed by atoms with van der Waals surface area (Å²) in [7, 11) is -0.262. The summed E-state index contributed by atoms with van der Waals surface area (Å²) in [5.41, 5.74) is 1.16. The molecule has 0 radical (unpaired) electrons. The Morgan fingerprint density at radius 2 is 1.51 bits per heavy atom. The Labute approximate surface area is 233 Å². The number of carbonyl (C=O) groups is 2. The molecule has 2 heterocycles. The van der Waals surface area contributed by atoms with Gasteiger partial charge < -0.3 is 14.2 Å². The molecule has 2 saturated carbocycles. The zero-order valence-corrected chi connectivity index (χ0v) is 23.5. The fourth-order valence-electron chi connectivity index (χ4n) is 6.82. The normalized spacial score (nSPS) is 27.2. The molecule has 202 valence electrons. The fourth-order valence-corrected chi connectivity index (χ4v) is 9.09. The number of fused-ring (bicyclic) bond motifs is 1. The Balaban J connectivity index is 1.19. The molecule has 0 spiro atoms. The standard InChI is InChI=1S/C33H35O5S/c1-21-14-28(39(26-10-6-4-7-11-26)27-12-8-5-9-13-27)15-22(2)31(21)36-20-30(34)38-33(3)25-17-23-16-24(19-25)32(35)37-29(33)18-23/h4-15,23-25,29H,16-20H2,1-3H3/q+1. The minimum Gasteiger partial charge on any atom is -0.481 e. The Hall–Kier alpha value is -3.25. The minimum atomic E-state index is -0.796. The van der Waals surface area contributed by atoms with E-state index in [0.29, 0.717) is 11.7 Å². The van der Waals surface area contributed by atoms with Crippen LogP contribution >= 0.6 is 0 Å². The van der Waals surface area contributed by atoms with E-state index >= 15 is 0 Å². The van der Waals surface area contributed by atoms with E-state index in [1.807, 2.05) is 32.9 Å². The van der Waals surface area contributed by atoms with Crippen LogP contribution in [0.5, 0.6) is 5.75 Å². The molecule has 0 aromatic heterocycles. The van der Waals surface area contributed by atoms with Crippen LogP contribution in [0.1, 0.15) is 43.7 Å². The van der Waals surface area contributed by atoms with Crippen molar-refractivity contribution in [1.29, 1.82) is 0 Å². The van der Waals surface area contributed by atoms with E-state index < -0.39 is 11.6 Å². The Morgan fingerprint density at radius 3 is 2.13 bits per heavy atom. The summed E-state index contributed by atoms with van der Waals surface area (Å²) in [6.45, 7) is 5.81. The fraction of sp³-hybridized carbons (Fsp3) is 0.394. The van der Waals surface area contributed by atoms with E-state index in [2.05, 4.69) is 60.7 Å². The van der Waals surface area contributed by atoms with Crippen molar-refractivity contribution in [3.63, 3.8) is 0 Å². The quantitative estimate of drug-likeness (QED) is 0.253. The van der Waals surface area contributed by atoms with Gasteiger partial charge in [-0.1, -0.05) is 36.4 Å². The monoisotopic (exact) mass is 543 g/mol. The van der Waals surface area contributed by atoms with Crippen LogP contribution < -0.4 is 4.74 Å². The number of esters is 2. The van der Waals surface area contributed by atoms with Crippen molar-refractivity contribution >= 4 is 22.8 Å². The summed E-state index contributed by atoms with van der Waals surface area (Å²) in [5.74, 6) is 0.729. The van der Waals surface area contributed by atoms with E-state index in [4.69, 9.17) is 14.2 Å². The third-order valence-electron chi connectivity index (χ3n) is 8.69. The smallest absolute Gasteiger partial charge is 0.344 e. The zero-order valence-electron chi connectivity index (χ0n) is 22.7. The molecule has 5 unspecified atom stereocenters. The maximum atomic E-state index is 13.1. The van der Waals surface area contributed by atoms with Crippen molar-refractivity contribution in [2.75, 3.05) is 6.61 Å². The SMILES string of the molecule is Cc1cc([S+](c2ccccc2)c2ccccc2)cc(C)c1OCC(=O)OC1(C)C2CC3CC(C2)C(=O)OC1C3. The van der Waals surface area contributed by atoms with Crippen molar-refractivity contribution in [2.24, 2.45) is 17.8 Å². The molecule has 5 atom stereocenters. The average molecular weight is 544 g/mol. The number of hydrogen-bond acceptors (Lipinski definition) is 5. The van der Waals surface area contributed by atoms with Gasteiger partial charge in [-0.25, -0.2) is 4.79 Å². The van der Waals surface area contributed by atoms with Gasteiger partial charge in [0.15, 0.2) is 21.3 Å². The molecule has 0 amide bonds. The molecule has 2 aliphatic carbocycles. The highest BCUT2D eigenvalue weighted by Crippen LogP contribution is 2.53. The van der Waals surface area contributed by atoms with E-state index in [0.717, 1.165) is 36.8 Å². The zero-order chi connectivity index (χ0) is 27.1. The van der Waals surface area contributed by atoms with Crippen LogP contribution in [0.2, 0.25) is 0 Å². The molecular formula is C33H35O5S+. The lowest BCUT2D eigenvalue weighted by molar-refractivity contribution is -0.199. The van der Waals surface area contributed by atoms with Crippen molar-refractivity contribution in [1.82, 2.24) is 0 Å². The van der Waals surface area contributed by atoms with Gasteiger partial charge in [-0.05, 0) is 87.8 Å². The minimum absolute atomic E-state index is 0.0596. The number of rotatable bonds is 7. The first-order valence-corrected chi connectivity index (χ1v) is 15.0. The first kappa shape index (κ1) is 26.0. The van der Waals surface area contributed by atoms with Gasteiger partial charge in [0, 0.05) is 18.1 Å². The van der Waals surface area contributed by atoms with E-state index in [9.17, 15) is 9.59 Å². The molecule has 39 heavy (non-hydrogen) atoms. The van der Waals surface area contributed by atoms with Crippen molar-refractivity contribution < 1.29 is 23.8 Å². The van der Waals surface area contributed by atoms with E-state index in [1.54, 1.807) is 0 Å². The Bertz CT molecular complexity index is 1310. The van der Waals surface area contributed by atoms with Gasteiger partial charge in [-0.15, -0.1) is 0 Å². The first-order chi connectivity index (χ1) is 18.8. The maximum Gasteiger partial charge on any atom is 0.344 e. The predicted octanol–water partition coefficient (Wildman–Crippen LogP) is 6.44. The molecule has 3 aromatic carbocycles. The lowest BCUT2D eigenvalue weighted by Gasteiger charge is -2.48. The highest BCUT2D eigenvalue weighted by Gasteiger charge is 2.58. The third-order valence-corrected chi connectivity index (χ3v) is 10.9. The summed E-state index contributed by atoms with van der Waals surface area (Å²) in [5, 5.41) is 0. The second kappa shape index (κ2) is 10.4. The molecular weight excluding hydrogens is 508 g/mol. The number of aryl methyl sites for hydroxylation is 2. The van der Waals surface area contributed by atoms with Gasteiger partial charge in [-0.2, -0.15) is 0 Å². The third kappa shape index (κ3) is 4.95.